The van der Waals surface area contributed by atoms with E-state index in [-0.39, 0.29) is 24.4 Å². The van der Waals surface area contributed by atoms with Gasteiger partial charge in [0.1, 0.15) is 5.38 Å². The molecule has 1 aromatic carbocycles. The fraction of sp³-hybridized carbons (Fsp3) is 0.455. The Morgan fingerprint density at radius 2 is 2.04 bits per heavy atom. The first-order chi connectivity index (χ1) is 13.4. The van der Waals surface area contributed by atoms with Crippen molar-refractivity contribution in [3.63, 3.8) is 0 Å². The molecule has 4 nitrogen and oxygen atoms in total. The quantitative estimate of drug-likeness (QED) is 0.652. The molecule has 0 bridgehead atoms. The number of alkyl halides is 1. The fourth-order valence-electron chi connectivity index (χ4n) is 3.86. The van der Waals surface area contributed by atoms with Crippen LogP contribution in [0.5, 0.6) is 0 Å². The van der Waals surface area contributed by atoms with Crippen LogP contribution in [-0.4, -0.2) is 46.6 Å². The van der Waals surface area contributed by atoms with Crippen molar-refractivity contribution in [1.29, 1.82) is 0 Å². The summed E-state index contributed by atoms with van der Waals surface area (Å²) in [6.07, 6.45) is 1.65. The Kier molecular flexibility index (Phi) is 6.78. The van der Waals surface area contributed by atoms with Gasteiger partial charge >= 0.3 is 0 Å². The number of amides is 2. The van der Waals surface area contributed by atoms with Crippen molar-refractivity contribution in [1.82, 2.24) is 9.80 Å². The standard InChI is InChI=1S/C22H27ClN2O2S/c1-4-11-24(22(27)16(3)23)14-20(26)25-12-9-19-18(10-13-28-19)21(25)17-8-6-5-7-15(17)2/h5-8,10,13,16,21H,4,9,11-12,14H2,1-3H3/t16-,21+/m1/s1. The molecule has 0 radical (unpaired) electrons. The maximum absolute atomic E-state index is 13.3. The minimum Gasteiger partial charge on any atom is -0.332 e. The van der Waals surface area contributed by atoms with Crippen LogP contribution in [0.15, 0.2) is 35.7 Å². The van der Waals surface area contributed by atoms with Crippen LogP contribution in [0.3, 0.4) is 0 Å². The molecule has 1 aromatic heterocycles. The largest absolute Gasteiger partial charge is 0.332 e. The third kappa shape index (κ3) is 4.26. The zero-order chi connectivity index (χ0) is 20.3. The van der Waals surface area contributed by atoms with Gasteiger partial charge in [-0.1, -0.05) is 31.2 Å². The first-order valence-electron chi connectivity index (χ1n) is 9.78. The van der Waals surface area contributed by atoms with Gasteiger partial charge in [-0.05, 0) is 54.8 Å². The monoisotopic (exact) mass is 418 g/mol. The molecular formula is C22H27ClN2O2S. The molecule has 0 fully saturated rings. The zero-order valence-corrected chi connectivity index (χ0v) is 18.2. The summed E-state index contributed by atoms with van der Waals surface area (Å²) < 4.78 is 0. The van der Waals surface area contributed by atoms with Crippen LogP contribution in [0.2, 0.25) is 0 Å². The highest BCUT2D eigenvalue weighted by atomic mass is 35.5. The Balaban J connectivity index is 1.92. The van der Waals surface area contributed by atoms with E-state index in [4.69, 9.17) is 11.6 Å². The second kappa shape index (κ2) is 9.10. The number of benzene rings is 1. The lowest BCUT2D eigenvalue weighted by atomic mass is 9.90. The first-order valence-corrected chi connectivity index (χ1v) is 11.1. The van der Waals surface area contributed by atoms with Crippen molar-refractivity contribution >= 4 is 34.8 Å². The molecule has 0 N–H and O–H groups in total. The van der Waals surface area contributed by atoms with E-state index >= 15 is 0 Å². The van der Waals surface area contributed by atoms with Crippen molar-refractivity contribution in [3.8, 4) is 0 Å². The number of rotatable bonds is 6. The Bertz CT molecular complexity index is 849. The molecule has 1 aliphatic rings. The average Bonchev–Trinajstić information content (AvgIpc) is 3.15. The summed E-state index contributed by atoms with van der Waals surface area (Å²) in [4.78, 5) is 30.6. The third-order valence-corrected chi connectivity index (χ3v) is 6.42. The minimum atomic E-state index is -0.628. The highest BCUT2D eigenvalue weighted by Gasteiger charge is 2.34. The predicted octanol–water partition coefficient (Wildman–Crippen LogP) is 4.40. The Hall–Kier alpha value is -1.85. The SMILES string of the molecule is CCCN(CC(=O)N1CCc2sccc2[C@@H]1c1ccccc1C)C(=O)[C@@H](C)Cl. The molecule has 0 saturated carbocycles. The lowest BCUT2D eigenvalue weighted by Crippen LogP contribution is -2.48. The number of hydrogen-bond acceptors (Lipinski definition) is 3. The zero-order valence-electron chi connectivity index (χ0n) is 16.7. The van der Waals surface area contributed by atoms with E-state index in [1.54, 1.807) is 23.2 Å². The second-order valence-electron chi connectivity index (χ2n) is 7.27. The number of nitrogens with zero attached hydrogens (tertiary/aromatic N) is 2. The van der Waals surface area contributed by atoms with Crippen LogP contribution < -0.4 is 0 Å². The molecule has 3 rings (SSSR count). The van der Waals surface area contributed by atoms with Gasteiger partial charge in [0.15, 0.2) is 0 Å². The first kappa shape index (κ1) is 20.9. The molecule has 2 atom stereocenters. The van der Waals surface area contributed by atoms with E-state index < -0.39 is 5.38 Å². The predicted molar refractivity (Wildman–Crippen MR) is 115 cm³/mol. The molecule has 2 aromatic rings. The molecule has 6 heteroatoms. The molecule has 0 spiro atoms. The maximum Gasteiger partial charge on any atom is 0.242 e. The Labute approximate surface area is 176 Å². The summed E-state index contributed by atoms with van der Waals surface area (Å²) in [5.41, 5.74) is 3.52. The number of thiophene rings is 1. The number of carbonyl (C=O) groups is 2. The van der Waals surface area contributed by atoms with Crippen LogP contribution in [0, 0.1) is 6.92 Å². The van der Waals surface area contributed by atoms with Crippen LogP contribution in [0.1, 0.15) is 47.9 Å². The topological polar surface area (TPSA) is 40.6 Å². The summed E-state index contributed by atoms with van der Waals surface area (Å²) in [7, 11) is 0. The molecule has 2 heterocycles. The number of halogens is 1. The van der Waals surface area contributed by atoms with Crippen molar-refractivity contribution in [2.24, 2.45) is 0 Å². The molecule has 0 unspecified atom stereocenters. The lowest BCUT2D eigenvalue weighted by molar-refractivity contribution is -0.141. The average molecular weight is 419 g/mol. The van der Waals surface area contributed by atoms with Crippen molar-refractivity contribution < 1.29 is 9.59 Å². The van der Waals surface area contributed by atoms with Crippen LogP contribution in [-0.2, 0) is 16.0 Å². The van der Waals surface area contributed by atoms with Crippen molar-refractivity contribution in [3.05, 3.63) is 57.3 Å². The van der Waals surface area contributed by atoms with E-state index in [1.165, 1.54) is 16.0 Å². The number of carbonyl (C=O) groups excluding carboxylic acids is 2. The molecule has 2 amide bonds. The van der Waals surface area contributed by atoms with Gasteiger partial charge in [-0.25, -0.2) is 0 Å². The van der Waals surface area contributed by atoms with E-state index in [1.807, 2.05) is 24.0 Å². The summed E-state index contributed by atoms with van der Waals surface area (Å²) in [5, 5.41) is 1.47. The molecule has 0 aliphatic carbocycles. The summed E-state index contributed by atoms with van der Waals surface area (Å²) >= 11 is 7.77. The highest BCUT2D eigenvalue weighted by molar-refractivity contribution is 7.10. The maximum atomic E-state index is 13.3. The van der Waals surface area contributed by atoms with E-state index in [2.05, 4.69) is 30.5 Å². The van der Waals surface area contributed by atoms with E-state index in [9.17, 15) is 9.59 Å². The number of fused-ring (bicyclic) bond motifs is 1. The van der Waals surface area contributed by atoms with Crippen LogP contribution in [0.25, 0.3) is 0 Å². The van der Waals surface area contributed by atoms with Crippen LogP contribution >= 0.6 is 22.9 Å². The van der Waals surface area contributed by atoms with Crippen molar-refractivity contribution in [2.75, 3.05) is 19.6 Å². The number of aryl methyl sites for hydroxylation is 1. The fourth-order valence-corrected chi connectivity index (χ4v) is 4.90. The van der Waals surface area contributed by atoms with Crippen molar-refractivity contribution in [2.45, 2.75) is 45.0 Å². The molecular weight excluding hydrogens is 392 g/mol. The van der Waals surface area contributed by atoms with E-state index in [0.29, 0.717) is 13.1 Å². The highest BCUT2D eigenvalue weighted by Crippen LogP contribution is 2.39. The smallest absolute Gasteiger partial charge is 0.242 e. The molecule has 28 heavy (non-hydrogen) atoms. The lowest BCUT2D eigenvalue weighted by Gasteiger charge is -2.38. The summed E-state index contributed by atoms with van der Waals surface area (Å²) in [6.45, 7) is 7.01. The van der Waals surface area contributed by atoms with Gasteiger partial charge in [0.25, 0.3) is 0 Å². The van der Waals surface area contributed by atoms with Gasteiger partial charge in [-0.15, -0.1) is 22.9 Å². The van der Waals surface area contributed by atoms with Gasteiger partial charge in [-0.3, -0.25) is 9.59 Å². The number of hydrogen-bond donors (Lipinski definition) is 0. The van der Waals surface area contributed by atoms with Gasteiger partial charge in [0.2, 0.25) is 11.8 Å². The molecule has 0 saturated heterocycles. The Morgan fingerprint density at radius 1 is 1.29 bits per heavy atom. The van der Waals surface area contributed by atoms with Gasteiger partial charge in [0.05, 0.1) is 12.6 Å². The molecule has 1 aliphatic heterocycles. The van der Waals surface area contributed by atoms with E-state index in [0.717, 1.165) is 18.4 Å². The Morgan fingerprint density at radius 3 is 2.71 bits per heavy atom. The normalized spacial score (nSPS) is 17.1. The summed E-state index contributed by atoms with van der Waals surface area (Å²) in [6, 6.07) is 10.3. The van der Waals surface area contributed by atoms with Gasteiger partial charge in [-0.2, -0.15) is 0 Å². The van der Waals surface area contributed by atoms with Crippen LogP contribution in [0.4, 0.5) is 0 Å². The van der Waals surface area contributed by atoms with Gasteiger partial charge in [0, 0.05) is 18.0 Å². The summed E-state index contributed by atoms with van der Waals surface area (Å²) in [5.74, 6) is -0.207. The minimum absolute atomic E-state index is 0.0239. The second-order valence-corrected chi connectivity index (χ2v) is 8.93. The van der Waals surface area contributed by atoms with Gasteiger partial charge < -0.3 is 9.80 Å². The molecule has 150 valence electrons. The third-order valence-electron chi connectivity index (χ3n) is 5.24.